The first-order valence-electron chi connectivity index (χ1n) is 35.7. The van der Waals surface area contributed by atoms with Gasteiger partial charge in [-0.15, -0.1) is 0 Å². The van der Waals surface area contributed by atoms with E-state index in [-0.39, 0.29) is 32.2 Å². The third-order valence-corrected chi connectivity index (χ3v) is 15.7. The highest BCUT2D eigenvalue weighted by molar-refractivity contribution is 5.70. The van der Waals surface area contributed by atoms with E-state index in [1.165, 1.54) is 199 Å². The van der Waals surface area contributed by atoms with E-state index in [0.29, 0.717) is 23.9 Å². The Balaban J connectivity index is 4.11. The number of allylic oxidation sites excluding steroid dienone is 14. The summed E-state index contributed by atoms with van der Waals surface area (Å²) in [5.41, 5.74) is 0. The highest BCUT2D eigenvalue weighted by Crippen LogP contribution is 2.18. The maximum Gasteiger partial charge on any atom is 0.306 e. The van der Waals surface area contributed by atoms with E-state index in [9.17, 15) is 19.5 Å². The maximum atomic E-state index is 12.9. The summed E-state index contributed by atoms with van der Waals surface area (Å²) in [7, 11) is 5.93. The Labute approximate surface area is 525 Å². The molecular weight excluding hydrogens is 1050 g/mol. The molecule has 492 valence electrons. The van der Waals surface area contributed by atoms with Gasteiger partial charge < -0.3 is 33.3 Å². The predicted octanol–water partition coefficient (Wildman–Crippen LogP) is 20.9. The molecule has 0 aromatic rings. The summed E-state index contributed by atoms with van der Waals surface area (Å²) in [6, 6.07) is 0. The van der Waals surface area contributed by atoms with Crippen molar-refractivity contribution in [2.75, 3.05) is 47.5 Å². The van der Waals surface area contributed by atoms with Crippen molar-refractivity contribution in [2.24, 2.45) is 0 Å². The number of hydrogen-bond acceptors (Lipinski definition) is 8. The third-order valence-electron chi connectivity index (χ3n) is 15.7. The van der Waals surface area contributed by atoms with Crippen molar-refractivity contribution in [3.63, 3.8) is 0 Å². The summed E-state index contributed by atoms with van der Waals surface area (Å²) in [5, 5.41) is 11.8. The first-order valence-corrected chi connectivity index (χ1v) is 35.7. The lowest BCUT2D eigenvalue weighted by Gasteiger charge is -2.26. The Kier molecular flexibility index (Phi) is 63.7. The topological polar surface area (TPSA) is 111 Å². The van der Waals surface area contributed by atoms with Crippen LogP contribution in [0.3, 0.4) is 0 Å². The van der Waals surface area contributed by atoms with Crippen LogP contribution in [0.25, 0.3) is 0 Å². The molecule has 0 saturated heterocycles. The van der Waals surface area contributed by atoms with Crippen LogP contribution < -0.4 is 5.11 Å². The molecule has 0 aliphatic carbocycles. The fourth-order valence-corrected chi connectivity index (χ4v) is 10.2. The van der Waals surface area contributed by atoms with Crippen LogP contribution in [0.4, 0.5) is 0 Å². The Hall–Kier alpha value is -3.53. The summed E-state index contributed by atoms with van der Waals surface area (Å²) in [6.45, 7) is 4.68. The molecule has 0 spiro atoms. The van der Waals surface area contributed by atoms with E-state index < -0.39 is 24.3 Å². The Morgan fingerprint density at radius 2 is 0.671 bits per heavy atom. The van der Waals surface area contributed by atoms with E-state index in [1.807, 2.05) is 21.1 Å². The second-order valence-electron chi connectivity index (χ2n) is 25.2. The SMILES string of the molecule is CC/C=C\C/C=C\C/C=C\C/C=C\C/C=C\C/C=C\C/C=C\CCCCCCCCCCCCCC(=O)OC(COC(=O)CCCCCCCCCCCCCCCCCCCCCCCCCCCCC)COC(OCC[N+](C)(C)C)C(=O)[O-]. The van der Waals surface area contributed by atoms with Crippen molar-refractivity contribution >= 4 is 17.9 Å². The molecule has 0 aromatic carbocycles. The maximum absolute atomic E-state index is 12.9. The minimum absolute atomic E-state index is 0.146. The van der Waals surface area contributed by atoms with Crippen LogP contribution in [0.5, 0.6) is 0 Å². The molecule has 0 N–H and O–H groups in total. The van der Waals surface area contributed by atoms with Gasteiger partial charge in [-0.3, -0.25) is 9.59 Å². The van der Waals surface area contributed by atoms with Gasteiger partial charge in [-0.1, -0.05) is 324 Å². The van der Waals surface area contributed by atoms with Gasteiger partial charge in [0, 0.05) is 12.8 Å². The van der Waals surface area contributed by atoms with E-state index >= 15 is 0 Å². The predicted molar refractivity (Wildman–Crippen MR) is 361 cm³/mol. The lowest BCUT2D eigenvalue weighted by Crippen LogP contribution is -2.44. The summed E-state index contributed by atoms with van der Waals surface area (Å²) in [5.74, 6) is -2.27. The lowest BCUT2D eigenvalue weighted by molar-refractivity contribution is -0.870. The number of ether oxygens (including phenoxy) is 4. The molecule has 0 amide bonds. The van der Waals surface area contributed by atoms with Gasteiger partial charge in [-0.05, 0) is 70.6 Å². The number of hydrogen-bond donors (Lipinski definition) is 0. The molecule has 9 nitrogen and oxygen atoms in total. The Morgan fingerprint density at radius 3 is 1.00 bits per heavy atom. The molecule has 0 rings (SSSR count). The molecule has 85 heavy (non-hydrogen) atoms. The standard InChI is InChI=1S/C76H135NO8/c1-6-8-10-12-14-16-18-20-22-24-26-28-30-32-34-35-36-37-38-39-41-43-45-47-49-51-53-55-57-59-61-63-65-67-74(79)85-72(71-84-76(75(80)81)82-69-68-77(3,4)5)70-83-73(78)66-64-62-60-58-56-54-52-50-48-46-44-42-40-33-31-29-27-25-23-21-19-17-15-13-11-9-7-2/h8,10,14,16,20,22,26,28,32,34,36-37,39,41,72,76H,6-7,9,11-13,15,17-19,21,23-25,27,29-31,33,35,38,40,42-71H2,1-5H3/b10-8-,16-14-,22-20-,28-26-,34-32-,37-36-,41-39-. The number of rotatable bonds is 66. The smallest absolute Gasteiger partial charge is 0.306 e. The van der Waals surface area contributed by atoms with Crippen molar-refractivity contribution in [3.05, 3.63) is 85.1 Å². The number of aliphatic carboxylic acids is 1. The van der Waals surface area contributed by atoms with Gasteiger partial charge in [0.25, 0.3) is 0 Å². The molecule has 0 radical (unpaired) electrons. The minimum atomic E-state index is -1.63. The van der Waals surface area contributed by atoms with E-state index in [0.717, 1.165) is 89.9 Å². The Bertz CT molecular complexity index is 1670. The van der Waals surface area contributed by atoms with Crippen LogP contribution in [-0.2, 0) is 33.3 Å². The van der Waals surface area contributed by atoms with Crippen molar-refractivity contribution in [1.82, 2.24) is 0 Å². The van der Waals surface area contributed by atoms with Crippen molar-refractivity contribution in [2.45, 2.75) is 334 Å². The van der Waals surface area contributed by atoms with Gasteiger partial charge in [0.15, 0.2) is 12.4 Å². The molecule has 0 bridgehead atoms. The molecular formula is C76H135NO8. The molecule has 0 fully saturated rings. The number of carboxylic acid groups (broad SMARTS) is 1. The number of carbonyl (C=O) groups is 3. The molecule has 0 aliphatic heterocycles. The van der Waals surface area contributed by atoms with Crippen LogP contribution in [0.1, 0.15) is 322 Å². The summed E-state index contributed by atoms with van der Waals surface area (Å²) < 4.78 is 22.8. The van der Waals surface area contributed by atoms with Gasteiger partial charge in [0.05, 0.1) is 40.3 Å². The average molecular weight is 1190 g/mol. The number of unbranched alkanes of at least 4 members (excludes halogenated alkanes) is 37. The second kappa shape index (κ2) is 66.4. The molecule has 0 aromatic heterocycles. The van der Waals surface area contributed by atoms with Crippen molar-refractivity contribution < 1.29 is 42.9 Å². The van der Waals surface area contributed by atoms with Crippen LogP contribution in [0, 0.1) is 0 Å². The monoisotopic (exact) mass is 1190 g/mol. The first-order chi connectivity index (χ1) is 41.6. The van der Waals surface area contributed by atoms with Crippen LogP contribution in [0.2, 0.25) is 0 Å². The molecule has 2 atom stereocenters. The van der Waals surface area contributed by atoms with Crippen LogP contribution in [0.15, 0.2) is 85.1 Å². The molecule has 2 unspecified atom stereocenters. The van der Waals surface area contributed by atoms with Gasteiger partial charge in [0.1, 0.15) is 13.2 Å². The number of nitrogens with zero attached hydrogens (tertiary/aromatic N) is 1. The first kappa shape index (κ1) is 81.5. The van der Waals surface area contributed by atoms with Crippen LogP contribution in [-0.4, -0.2) is 82.3 Å². The minimum Gasteiger partial charge on any atom is -0.545 e. The fraction of sp³-hybridized carbons (Fsp3) is 0.776. The normalized spacial score (nSPS) is 13.2. The van der Waals surface area contributed by atoms with Gasteiger partial charge in [-0.2, -0.15) is 0 Å². The van der Waals surface area contributed by atoms with Crippen LogP contribution >= 0.6 is 0 Å². The van der Waals surface area contributed by atoms with Crippen molar-refractivity contribution in [3.8, 4) is 0 Å². The third kappa shape index (κ3) is 67.8. The molecule has 0 heterocycles. The van der Waals surface area contributed by atoms with Gasteiger partial charge in [0.2, 0.25) is 0 Å². The molecule has 9 heteroatoms. The van der Waals surface area contributed by atoms with Crippen molar-refractivity contribution in [1.29, 1.82) is 0 Å². The largest absolute Gasteiger partial charge is 0.545 e. The molecule has 0 aliphatic rings. The fourth-order valence-electron chi connectivity index (χ4n) is 10.2. The highest BCUT2D eigenvalue weighted by Gasteiger charge is 2.22. The second-order valence-corrected chi connectivity index (χ2v) is 25.2. The quantitative estimate of drug-likeness (QED) is 0.0195. The number of carbonyl (C=O) groups excluding carboxylic acids is 3. The summed E-state index contributed by atoms with van der Waals surface area (Å²) in [4.78, 5) is 37.5. The highest BCUT2D eigenvalue weighted by atomic mass is 16.7. The zero-order chi connectivity index (χ0) is 61.9. The number of esters is 2. The van der Waals surface area contributed by atoms with Gasteiger partial charge in [-0.25, -0.2) is 0 Å². The lowest BCUT2D eigenvalue weighted by atomic mass is 10.0. The summed E-state index contributed by atoms with van der Waals surface area (Å²) >= 11 is 0. The zero-order valence-corrected chi connectivity index (χ0v) is 56.2. The van der Waals surface area contributed by atoms with E-state index in [4.69, 9.17) is 18.9 Å². The van der Waals surface area contributed by atoms with E-state index in [1.54, 1.807) is 0 Å². The number of carboxylic acids is 1. The Morgan fingerprint density at radius 1 is 0.365 bits per heavy atom. The number of likely N-dealkylation sites (N-methyl/N-ethyl adjacent to an activating group) is 1. The number of quaternary nitrogens is 1. The summed E-state index contributed by atoms with van der Waals surface area (Å²) in [6.07, 6.45) is 86.7. The zero-order valence-electron chi connectivity index (χ0n) is 56.2. The average Bonchev–Trinajstić information content (AvgIpc) is 3.49. The van der Waals surface area contributed by atoms with E-state index in [2.05, 4.69) is 98.9 Å². The van der Waals surface area contributed by atoms with Gasteiger partial charge >= 0.3 is 11.9 Å². The molecule has 0 saturated carbocycles.